The van der Waals surface area contributed by atoms with Gasteiger partial charge >= 0.3 is 5.97 Å². The first kappa shape index (κ1) is 25.4. The van der Waals surface area contributed by atoms with Crippen LogP contribution in [0.15, 0.2) is 143 Å². The van der Waals surface area contributed by atoms with Crippen molar-refractivity contribution in [1.29, 1.82) is 5.26 Å². The van der Waals surface area contributed by atoms with Gasteiger partial charge in [0.05, 0.1) is 5.69 Å². The van der Waals surface area contributed by atoms with E-state index in [0.717, 1.165) is 39.1 Å². The minimum absolute atomic E-state index is 0.329. The van der Waals surface area contributed by atoms with Crippen LogP contribution in [0.5, 0.6) is 0 Å². The Morgan fingerprint density at radius 2 is 1.34 bits per heavy atom. The molecule has 1 heterocycles. The van der Waals surface area contributed by atoms with E-state index >= 15 is 0 Å². The van der Waals surface area contributed by atoms with Crippen LogP contribution >= 0.6 is 0 Å². The lowest BCUT2D eigenvalue weighted by Crippen LogP contribution is -2.10. The zero-order valence-corrected chi connectivity index (χ0v) is 21.9. The van der Waals surface area contributed by atoms with Gasteiger partial charge in [0.1, 0.15) is 23.0 Å². The summed E-state index contributed by atoms with van der Waals surface area (Å²) in [6, 6.07) is 46.3. The number of furan rings is 1. The fraction of sp³-hybridized carbons (Fsp3) is 0. The molecule has 5 nitrogen and oxygen atoms in total. The van der Waals surface area contributed by atoms with Crippen LogP contribution in [-0.4, -0.2) is 11.1 Å². The number of para-hydroxylation sites is 3. The molecule has 0 bridgehead atoms. The lowest BCUT2D eigenvalue weighted by atomic mass is 10.00. The van der Waals surface area contributed by atoms with E-state index in [9.17, 15) is 4.79 Å². The summed E-state index contributed by atoms with van der Waals surface area (Å²) < 4.78 is 6.13. The highest BCUT2D eigenvalue weighted by atomic mass is 16.4. The van der Waals surface area contributed by atoms with Gasteiger partial charge in [0.25, 0.3) is 0 Å². The first-order chi connectivity index (χ1) is 20.1. The van der Waals surface area contributed by atoms with Gasteiger partial charge in [-0.15, -0.1) is 0 Å². The van der Waals surface area contributed by atoms with E-state index in [1.165, 1.54) is 6.08 Å². The number of benzene rings is 5. The number of carbonyl (C=O) groups is 1. The third-order valence-electron chi connectivity index (χ3n) is 6.86. The summed E-state index contributed by atoms with van der Waals surface area (Å²) in [5.74, 6) is -0.556. The molecule has 0 aliphatic carbocycles. The summed E-state index contributed by atoms with van der Waals surface area (Å²) in [5.41, 5.74) is 7.18. The molecule has 41 heavy (non-hydrogen) atoms. The van der Waals surface area contributed by atoms with Crippen molar-refractivity contribution in [3.63, 3.8) is 0 Å². The van der Waals surface area contributed by atoms with E-state index in [1.54, 1.807) is 18.2 Å². The summed E-state index contributed by atoms with van der Waals surface area (Å²) >= 11 is 0. The Morgan fingerprint density at radius 1 is 0.732 bits per heavy atom. The number of hydrogen-bond donors (Lipinski definition) is 1. The molecule has 0 saturated heterocycles. The standard InChI is InChI=1S/C36H24N2O3/c37-24-29(36(39)40)21-25-15-16-28-23-35(41-34(28)22-25)27-19-17-26(18-20-27)32-13-7-8-14-33(32)38(30-9-3-1-4-10-30)31-11-5-2-6-12-31/h1-23H,(H,39,40)/b29-21-. The number of fused-ring (bicyclic) bond motifs is 1. The topological polar surface area (TPSA) is 77.5 Å². The van der Waals surface area contributed by atoms with Crippen molar-refractivity contribution in [3.05, 3.63) is 145 Å². The van der Waals surface area contributed by atoms with E-state index in [0.29, 0.717) is 16.9 Å². The van der Waals surface area contributed by atoms with E-state index in [2.05, 4.69) is 59.5 Å². The minimum Gasteiger partial charge on any atom is -0.477 e. The van der Waals surface area contributed by atoms with Crippen molar-refractivity contribution in [3.8, 4) is 28.5 Å². The van der Waals surface area contributed by atoms with E-state index in [1.807, 2.05) is 66.7 Å². The van der Waals surface area contributed by atoms with Crippen LogP contribution in [0.25, 0.3) is 39.5 Å². The molecule has 5 aromatic carbocycles. The number of anilines is 3. The van der Waals surface area contributed by atoms with Gasteiger partial charge < -0.3 is 14.4 Å². The number of carboxylic acids is 1. The molecule has 0 unspecified atom stereocenters. The van der Waals surface area contributed by atoms with Crippen molar-refractivity contribution in [2.75, 3.05) is 4.90 Å². The largest absolute Gasteiger partial charge is 0.477 e. The average Bonchev–Trinajstić information content (AvgIpc) is 3.45. The average molecular weight is 533 g/mol. The van der Waals surface area contributed by atoms with Gasteiger partial charge in [-0.25, -0.2) is 4.79 Å². The molecule has 0 fully saturated rings. The molecule has 6 rings (SSSR count). The first-order valence-corrected chi connectivity index (χ1v) is 13.1. The molecular weight excluding hydrogens is 508 g/mol. The quantitative estimate of drug-likeness (QED) is 0.164. The number of carboxylic acid groups (broad SMARTS) is 1. The monoisotopic (exact) mass is 532 g/mol. The van der Waals surface area contributed by atoms with Gasteiger partial charge in [-0.2, -0.15) is 5.26 Å². The van der Waals surface area contributed by atoms with Crippen LogP contribution in [0.3, 0.4) is 0 Å². The summed E-state index contributed by atoms with van der Waals surface area (Å²) in [7, 11) is 0. The van der Waals surface area contributed by atoms with E-state index in [-0.39, 0.29) is 5.57 Å². The molecule has 0 atom stereocenters. The maximum Gasteiger partial charge on any atom is 0.346 e. The van der Waals surface area contributed by atoms with E-state index < -0.39 is 5.97 Å². The second kappa shape index (κ2) is 11.1. The van der Waals surface area contributed by atoms with Gasteiger partial charge in [0, 0.05) is 27.9 Å². The third kappa shape index (κ3) is 5.23. The number of nitriles is 1. The summed E-state index contributed by atoms with van der Waals surface area (Å²) in [4.78, 5) is 13.5. The van der Waals surface area contributed by atoms with Gasteiger partial charge in [0.15, 0.2) is 0 Å². The molecule has 0 spiro atoms. The highest BCUT2D eigenvalue weighted by molar-refractivity contribution is 5.97. The normalized spacial score (nSPS) is 11.2. The Kier molecular flexibility index (Phi) is 6.88. The molecule has 0 amide bonds. The zero-order chi connectivity index (χ0) is 28.2. The predicted octanol–water partition coefficient (Wildman–Crippen LogP) is 9.23. The SMILES string of the molecule is N#C/C(=C/c1ccc2cc(-c3ccc(-c4ccccc4N(c4ccccc4)c4ccccc4)cc3)oc2c1)C(=O)O. The Bertz CT molecular complexity index is 1880. The smallest absolute Gasteiger partial charge is 0.346 e. The highest BCUT2D eigenvalue weighted by Gasteiger charge is 2.17. The Hall–Kier alpha value is -5.86. The van der Waals surface area contributed by atoms with Crippen LogP contribution in [0.4, 0.5) is 17.1 Å². The highest BCUT2D eigenvalue weighted by Crippen LogP contribution is 2.41. The van der Waals surface area contributed by atoms with Crippen LogP contribution in [0, 0.1) is 11.3 Å². The van der Waals surface area contributed by atoms with Crippen molar-refractivity contribution < 1.29 is 14.3 Å². The lowest BCUT2D eigenvalue weighted by molar-refractivity contribution is -0.132. The predicted molar refractivity (Wildman–Crippen MR) is 163 cm³/mol. The lowest BCUT2D eigenvalue weighted by Gasteiger charge is -2.27. The minimum atomic E-state index is -1.26. The van der Waals surface area contributed by atoms with Crippen LogP contribution in [-0.2, 0) is 4.79 Å². The van der Waals surface area contributed by atoms with Gasteiger partial charge in [-0.05, 0) is 59.7 Å². The number of hydrogen-bond acceptors (Lipinski definition) is 4. The molecule has 0 aliphatic rings. The molecule has 196 valence electrons. The first-order valence-electron chi connectivity index (χ1n) is 13.1. The second-order valence-corrected chi connectivity index (χ2v) is 9.48. The molecule has 0 aliphatic heterocycles. The molecule has 1 aromatic heterocycles. The number of aliphatic carboxylic acids is 1. The molecule has 0 radical (unpaired) electrons. The summed E-state index contributed by atoms with van der Waals surface area (Å²) in [6.07, 6.45) is 1.34. The fourth-order valence-electron chi connectivity index (χ4n) is 4.90. The number of rotatable bonds is 7. The maximum atomic E-state index is 11.2. The van der Waals surface area contributed by atoms with Crippen molar-refractivity contribution in [1.82, 2.24) is 0 Å². The van der Waals surface area contributed by atoms with Crippen molar-refractivity contribution >= 4 is 40.1 Å². The van der Waals surface area contributed by atoms with Crippen molar-refractivity contribution in [2.24, 2.45) is 0 Å². The molecule has 1 N–H and O–H groups in total. The summed E-state index contributed by atoms with van der Waals surface area (Å²) in [5, 5.41) is 19.1. The molecule has 6 aromatic rings. The third-order valence-corrected chi connectivity index (χ3v) is 6.86. The Labute approximate surface area is 237 Å². The van der Waals surface area contributed by atoms with Crippen LogP contribution < -0.4 is 4.90 Å². The van der Waals surface area contributed by atoms with Gasteiger partial charge in [0.2, 0.25) is 0 Å². The Balaban J connectivity index is 1.36. The maximum absolute atomic E-state index is 11.2. The molecular formula is C36H24N2O3. The number of nitrogens with zero attached hydrogens (tertiary/aromatic N) is 2. The zero-order valence-electron chi connectivity index (χ0n) is 21.9. The molecule has 0 saturated carbocycles. The Morgan fingerprint density at radius 3 is 1.98 bits per heavy atom. The summed E-state index contributed by atoms with van der Waals surface area (Å²) in [6.45, 7) is 0. The molecule has 5 heteroatoms. The van der Waals surface area contributed by atoms with E-state index in [4.69, 9.17) is 14.8 Å². The van der Waals surface area contributed by atoms with Crippen LogP contribution in [0.1, 0.15) is 5.56 Å². The fourth-order valence-corrected chi connectivity index (χ4v) is 4.90. The van der Waals surface area contributed by atoms with Gasteiger partial charge in [-0.1, -0.05) is 91.0 Å². The van der Waals surface area contributed by atoms with Gasteiger partial charge in [-0.3, -0.25) is 0 Å². The van der Waals surface area contributed by atoms with Crippen LogP contribution in [0.2, 0.25) is 0 Å². The second-order valence-electron chi connectivity index (χ2n) is 9.48. The van der Waals surface area contributed by atoms with Crippen molar-refractivity contribution in [2.45, 2.75) is 0 Å².